The van der Waals surface area contributed by atoms with Gasteiger partial charge >= 0.3 is 0 Å². The van der Waals surface area contributed by atoms with E-state index in [1.165, 1.54) is 12.8 Å². The number of rotatable bonds is 2. The Morgan fingerprint density at radius 1 is 1.14 bits per heavy atom. The van der Waals surface area contributed by atoms with Crippen molar-refractivity contribution in [2.24, 2.45) is 0 Å². The standard InChI is InChI=1S/C15H23N3O2S/c1-12-10-17-9-3-2-4-14(17)11-18(12)21(19,20)15-7-5-13(16)6-8-15/h5-8,12,14H,2-4,9-11,16H2,1H3. The summed E-state index contributed by atoms with van der Waals surface area (Å²) in [5.74, 6) is 0. The minimum absolute atomic E-state index is 0.0157. The highest BCUT2D eigenvalue weighted by Gasteiger charge is 2.39. The van der Waals surface area contributed by atoms with Gasteiger partial charge in [-0.25, -0.2) is 8.42 Å². The van der Waals surface area contributed by atoms with Gasteiger partial charge in [0.1, 0.15) is 0 Å². The van der Waals surface area contributed by atoms with Gasteiger partial charge in [-0.3, -0.25) is 4.90 Å². The molecule has 0 aromatic heterocycles. The molecular formula is C15H23N3O2S. The SMILES string of the molecule is CC1CN2CCCCC2CN1S(=O)(=O)c1ccc(N)cc1. The fraction of sp³-hybridized carbons (Fsp3) is 0.600. The van der Waals surface area contributed by atoms with Crippen molar-refractivity contribution in [3.8, 4) is 0 Å². The van der Waals surface area contributed by atoms with Gasteiger partial charge in [-0.15, -0.1) is 0 Å². The Hall–Kier alpha value is -1.11. The molecule has 0 spiro atoms. The van der Waals surface area contributed by atoms with Gasteiger partial charge in [0.05, 0.1) is 4.90 Å². The number of fused-ring (bicyclic) bond motifs is 1. The van der Waals surface area contributed by atoms with E-state index in [2.05, 4.69) is 4.90 Å². The Morgan fingerprint density at radius 2 is 1.86 bits per heavy atom. The second-order valence-electron chi connectivity index (χ2n) is 6.14. The molecule has 5 nitrogen and oxygen atoms in total. The average Bonchev–Trinajstić information content (AvgIpc) is 2.47. The van der Waals surface area contributed by atoms with Crippen molar-refractivity contribution in [3.05, 3.63) is 24.3 Å². The first-order valence-corrected chi connectivity index (χ1v) is 9.04. The highest BCUT2D eigenvalue weighted by Crippen LogP contribution is 2.28. The van der Waals surface area contributed by atoms with Crippen molar-refractivity contribution in [2.45, 2.75) is 43.2 Å². The third kappa shape index (κ3) is 2.80. The molecule has 116 valence electrons. The third-order valence-electron chi connectivity index (χ3n) is 4.62. The van der Waals surface area contributed by atoms with Crippen LogP contribution in [0.4, 0.5) is 5.69 Å². The summed E-state index contributed by atoms with van der Waals surface area (Å²) < 4.78 is 27.4. The Labute approximate surface area is 126 Å². The van der Waals surface area contributed by atoms with Crippen LogP contribution < -0.4 is 5.73 Å². The van der Waals surface area contributed by atoms with Gasteiger partial charge in [0.2, 0.25) is 10.0 Å². The second-order valence-corrected chi connectivity index (χ2v) is 8.03. The molecular weight excluding hydrogens is 286 g/mol. The largest absolute Gasteiger partial charge is 0.399 e. The van der Waals surface area contributed by atoms with E-state index < -0.39 is 10.0 Å². The van der Waals surface area contributed by atoms with Crippen LogP contribution in [-0.2, 0) is 10.0 Å². The lowest BCUT2D eigenvalue weighted by molar-refractivity contribution is 0.0564. The maximum absolute atomic E-state index is 12.9. The molecule has 1 aromatic rings. The molecule has 2 heterocycles. The third-order valence-corrected chi connectivity index (χ3v) is 6.61. The van der Waals surface area contributed by atoms with E-state index in [1.807, 2.05) is 6.92 Å². The number of nitrogens with zero attached hydrogens (tertiary/aromatic N) is 2. The highest BCUT2D eigenvalue weighted by molar-refractivity contribution is 7.89. The van der Waals surface area contributed by atoms with Crippen LogP contribution in [0.2, 0.25) is 0 Å². The van der Waals surface area contributed by atoms with Crippen LogP contribution in [0.25, 0.3) is 0 Å². The fourth-order valence-electron chi connectivity index (χ4n) is 3.44. The fourth-order valence-corrected chi connectivity index (χ4v) is 5.10. The predicted molar refractivity (Wildman–Crippen MR) is 83.4 cm³/mol. The molecule has 1 aromatic carbocycles. The highest BCUT2D eigenvalue weighted by atomic mass is 32.2. The number of hydrogen-bond acceptors (Lipinski definition) is 4. The topological polar surface area (TPSA) is 66.6 Å². The zero-order valence-electron chi connectivity index (χ0n) is 12.4. The van der Waals surface area contributed by atoms with E-state index >= 15 is 0 Å². The van der Waals surface area contributed by atoms with Gasteiger partial charge in [-0.1, -0.05) is 6.42 Å². The summed E-state index contributed by atoms with van der Waals surface area (Å²) >= 11 is 0. The normalized spacial score (nSPS) is 28.2. The molecule has 2 fully saturated rings. The van der Waals surface area contributed by atoms with E-state index in [4.69, 9.17) is 5.73 Å². The van der Waals surface area contributed by atoms with Crippen LogP contribution in [0.5, 0.6) is 0 Å². The van der Waals surface area contributed by atoms with Crippen molar-refractivity contribution >= 4 is 15.7 Å². The number of nitrogen functional groups attached to an aromatic ring is 1. The molecule has 0 bridgehead atoms. The molecule has 2 saturated heterocycles. The first-order chi connectivity index (χ1) is 9.98. The number of piperazine rings is 1. The van der Waals surface area contributed by atoms with Gasteiger partial charge in [0.15, 0.2) is 0 Å². The number of benzene rings is 1. The summed E-state index contributed by atoms with van der Waals surface area (Å²) in [5, 5.41) is 0. The van der Waals surface area contributed by atoms with Crippen LogP contribution in [0.3, 0.4) is 0 Å². The molecule has 21 heavy (non-hydrogen) atoms. The van der Waals surface area contributed by atoms with Gasteiger partial charge in [0.25, 0.3) is 0 Å². The number of nitrogens with two attached hydrogens (primary N) is 1. The van der Waals surface area contributed by atoms with Crippen LogP contribution >= 0.6 is 0 Å². The zero-order chi connectivity index (χ0) is 15.0. The summed E-state index contributed by atoms with van der Waals surface area (Å²) in [6.07, 6.45) is 3.53. The molecule has 3 rings (SSSR count). The molecule has 2 N–H and O–H groups in total. The minimum atomic E-state index is -3.43. The average molecular weight is 309 g/mol. The van der Waals surface area contributed by atoms with Gasteiger partial charge in [-0.2, -0.15) is 4.31 Å². The molecule has 2 unspecified atom stereocenters. The summed E-state index contributed by atoms with van der Waals surface area (Å²) in [6, 6.07) is 6.89. The molecule has 0 amide bonds. The van der Waals surface area contributed by atoms with Crippen molar-refractivity contribution in [1.82, 2.24) is 9.21 Å². The van der Waals surface area contributed by atoms with Crippen LogP contribution in [0.1, 0.15) is 26.2 Å². The van der Waals surface area contributed by atoms with E-state index in [1.54, 1.807) is 28.6 Å². The molecule has 2 aliphatic rings. The van der Waals surface area contributed by atoms with Gasteiger partial charge in [0, 0.05) is 30.9 Å². The van der Waals surface area contributed by atoms with Crippen LogP contribution in [0.15, 0.2) is 29.2 Å². The maximum atomic E-state index is 12.9. The summed E-state index contributed by atoms with van der Waals surface area (Å²) in [4.78, 5) is 2.79. The van der Waals surface area contributed by atoms with Crippen molar-refractivity contribution in [1.29, 1.82) is 0 Å². The summed E-state index contributed by atoms with van der Waals surface area (Å²) in [7, 11) is -3.43. The lowest BCUT2D eigenvalue weighted by Gasteiger charge is -2.46. The molecule has 2 aliphatic heterocycles. The number of anilines is 1. The smallest absolute Gasteiger partial charge is 0.243 e. The maximum Gasteiger partial charge on any atom is 0.243 e. The summed E-state index contributed by atoms with van der Waals surface area (Å²) in [6.45, 7) is 4.54. The van der Waals surface area contributed by atoms with Gasteiger partial charge < -0.3 is 5.73 Å². The zero-order valence-corrected chi connectivity index (χ0v) is 13.2. The van der Waals surface area contributed by atoms with E-state index in [0.717, 1.165) is 19.5 Å². The Morgan fingerprint density at radius 3 is 2.57 bits per heavy atom. The number of piperidine rings is 1. The molecule has 2 atom stereocenters. The number of hydrogen-bond donors (Lipinski definition) is 1. The number of sulfonamides is 1. The minimum Gasteiger partial charge on any atom is -0.399 e. The van der Waals surface area contributed by atoms with Crippen LogP contribution in [-0.4, -0.2) is 49.3 Å². The molecule has 0 radical (unpaired) electrons. The Balaban J connectivity index is 1.86. The summed E-state index contributed by atoms with van der Waals surface area (Å²) in [5.41, 5.74) is 6.23. The van der Waals surface area contributed by atoms with Crippen molar-refractivity contribution in [2.75, 3.05) is 25.4 Å². The van der Waals surface area contributed by atoms with Crippen molar-refractivity contribution < 1.29 is 8.42 Å². The van der Waals surface area contributed by atoms with Crippen molar-refractivity contribution in [3.63, 3.8) is 0 Å². The second kappa shape index (κ2) is 5.59. The van der Waals surface area contributed by atoms with Gasteiger partial charge in [-0.05, 0) is 50.6 Å². The lowest BCUT2D eigenvalue weighted by atomic mass is 9.99. The molecule has 6 heteroatoms. The Kier molecular flexibility index (Phi) is 3.94. The monoisotopic (exact) mass is 309 g/mol. The Bertz CT molecular complexity index is 600. The van der Waals surface area contributed by atoms with E-state index in [9.17, 15) is 8.42 Å². The van der Waals surface area contributed by atoms with E-state index in [-0.39, 0.29) is 6.04 Å². The predicted octanol–water partition coefficient (Wildman–Crippen LogP) is 1.52. The lowest BCUT2D eigenvalue weighted by Crippen LogP contribution is -2.59. The molecule has 0 saturated carbocycles. The quantitative estimate of drug-likeness (QED) is 0.841. The first-order valence-electron chi connectivity index (χ1n) is 7.60. The first kappa shape index (κ1) is 14.8. The van der Waals surface area contributed by atoms with Crippen LogP contribution in [0, 0.1) is 0 Å². The molecule has 0 aliphatic carbocycles. The van der Waals surface area contributed by atoms with E-state index in [0.29, 0.717) is 23.2 Å².